The number of rotatable bonds is 6. The summed E-state index contributed by atoms with van der Waals surface area (Å²) in [7, 11) is 0. The lowest BCUT2D eigenvalue weighted by Gasteiger charge is -2.08. The predicted octanol–water partition coefficient (Wildman–Crippen LogP) is 1.79. The van der Waals surface area contributed by atoms with Crippen molar-refractivity contribution in [3.63, 3.8) is 0 Å². The van der Waals surface area contributed by atoms with Crippen molar-refractivity contribution in [3.8, 4) is 0 Å². The number of amides is 2. The molecule has 27 heavy (non-hydrogen) atoms. The third-order valence-electron chi connectivity index (χ3n) is 3.27. The number of fused-ring (bicyclic) bond motifs is 1. The number of ether oxygens (including phenoxy) is 1. The molecule has 0 atom stereocenters. The summed E-state index contributed by atoms with van der Waals surface area (Å²) in [6, 6.07) is 10.3. The highest BCUT2D eigenvalue weighted by atomic mass is 32.2. The Balaban J connectivity index is 1.39. The van der Waals surface area contributed by atoms with Crippen LogP contribution in [0.5, 0.6) is 0 Å². The SMILES string of the molecule is O=C(COC(=O)CSc1ncnc2sccc12)NNC(=O)c1ccccc1. The highest BCUT2D eigenvalue weighted by molar-refractivity contribution is 8.00. The smallest absolute Gasteiger partial charge is 0.316 e. The van der Waals surface area contributed by atoms with Crippen LogP contribution < -0.4 is 10.9 Å². The van der Waals surface area contributed by atoms with Crippen molar-refractivity contribution in [1.82, 2.24) is 20.8 Å². The van der Waals surface area contributed by atoms with Crippen LogP contribution in [0.4, 0.5) is 0 Å². The third-order valence-corrected chi connectivity index (χ3v) is 5.07. The number of benzene rings is 1. The summed E-state index contributed by atoms with van der Waals surface area (Å²) >= 11 is 2.70. The molecule has 3 aromatic rings. The lowest BCUT2D eigenvalue weighted by atomic mass is 10.2. The van der Waals surface area contributed by atoms with Crippen LogP contribution in [0.2, 0.25) is 0 Å². The Morgan fingerprint density at radius 2 is 1.89 bits per heavy atom. The number of nitrogens with zero attached hydrogens (tertiary/aromatic N) is 2. The summed E-state index contributed by atoms with van der Waals surface area (Å²) in [5, 5.41) is 3.45. The third kappa shape index (κ3) is 5.25. The number of aromatic nitrogens is 2. The van der Waals surface area contributed by atoms with Crippen molar-refractivity contribution in [2.45, 2.75) is 5.03 Å². The van der Waals surface area contributed by atoms with Gasteiger partial charge in [0.1, 0.15) is 16.2 Å². The molecule has 2 aromatic heterocycles. The van der Waals surface area contributed by atoms with Crippen LogP contribution in [0.25, 0.3) is 10.2 Å². The van der Waals surface area contributed by atoms with Gasteiger partial charge in [-0.3, -0.25) is 25.2 Å². The Morgan fingerprint density at radius 1 is 1.07 bits per heavy atom. The van der Waals surface area contributed by atoms with Crippen molar-refractivity contribution < 1.29 is 19.1 Å². The van der Waals surface area contributed by atoms with Gasteiger partial charge in [-0.05, 0) is 23.6 Å². The Hall–Kier alpha value is -2.98. The zero-order valence-electron chi connectivity index (χ0n) is 13.9. The summed E-state index contributed by atoms with van der Waals surface area (Å²) in [5.74, 6) is -1.66. The molecule has 0 spiro atoms. The van der Waals surface area contributed by atoms with E-state index in [2.05, 4.69) is 20.8 Å². The molecule has 0 fully saturated rings. The van der Waals surface area contributed by atoms with Gasteiger partial charge in [0.15, 0.2) is 6.61 Å². The molecule has 0 unspecified atom stereocenters. The second-order valence-electron chi connectivity index (χ2n) is 5.14. The lowest BCUT2D eigenvalue weighted by Crippen LogP contribution is -2.43. The number of hydrazine groups is 1. The average Bonchev–Trinajstić information content (AvgIpc) is 3.19. The highest BCUT2D eigenvalue weighted by Crippen LogP contribution is 2.27. The van der Waals surface area contributed by atoms with Gasteiger partial charge in [-0.1, -0.05) is 30.0 Å². The van der Waals surface area contributed by atoms with Gasteiger partial charge < -0.3 is 4.74 Å². The molecule has 8 nitrogen and oxygen atoms in total. The maximum atomic E-state index is 11.8. The molecule has 3 rings (SSSR count). The second kappa shape index (κ2) is 9.10. The van der Waals surface area contributed by atoms with E-state index in [1.165, 1.54) is 29.4 Å². The Bertz CT molecular complexity index is 962. The van der Waals surface area contributed by atoms with Crippen molar-refractivity contribution in [2.24, 2.45) is 0 Å². The van der Waals surface area contributed by atoms with Crippen LogP contribution >= 0.6 is 23.1 Å². The Labute approximate surface area is 162 Å². The van der Waals surface area contributed by atoms with Crippen molar-refractivity contribution in [1.29, 1.82) is 0 Å². The Morgan fingerprint density at radius 3 is 2.70 bits per heavy atom. The minimum absolute atomic E-state index is 0.00557. The first-order valence-electron chi connectivity index (χ1n) is 7.74. The number of hydrogen-bond acceptors (Lipinski definition) is 8. The van der Waals surface area contributed by atoms with Gasteiger partial charge in [-0.25, -0.2) is 9.97 Å². The molecule has 10 heteroatoms. The summed E-state index contributed by atoms with van der Waals surface area (Å²) in [6.45, 7) is -0.494. The van der Waals surface area contributed by atoms with E-state index >= 15 is 0 Å². The van der Waals surface area contributed by atoms with E-state index in [0.29, 0.717) is 10.6 Å². The van der Waals surface area contributed by atoms with Crippen LogP contribution in [-0.4, -0.2) is 40.1 Å². The number of thioether (sulfide) groups is 1. The van der Waals surface area contributed by atoms with Gasteiger partial charge in [0.2, 0.25) is 0 Å². The largest absolute Gasteiger partial charge is 0.455 e. The fraction of sp³-hybridized carbons (Fsp3) is 0.118. The van der Waals surface area contributed by atoms with Crippen LogP contribution in [0.15, 0.2) is 53.1 Å². The maximum absolute atomic E-state index is 11.8. The highest BCUT2D eigenvalue weighted by Gasteiger charge is 2.12. The first-order chi connectivity index (χ1) is 13.1. The number of thiophene rings is 1. The van der Waals surface area contributed by atoms with Gasteiger partial charge in [-0.2, -0.15) is 0 Å². The van der Waals surface area contributed by atoms with Gasteiger partial charge in [-0.15, -0.1) is 11.3 Å². The zero-order chi connectivity index (χ0) is 19.1. The molecule has 0 radical (unpaired) electrons. The van der Waals surface area contributed by atoms with Crippen LogP contribution in [0, 0.1) is 0 Å². The van der Waals surface area contributed by atoms with Crippen molar-refractivity contribution >= 4 is 51.1 Å². The zero-order valence-corrected chi connectivity index (χ0v) is 15.5. The Kier molecular flexibility index (Phi) is 6.34. The van der Waals surface area contributed by atoms with E-state index < -0.39 is 24.4 Å². The summed E-state index contributed by atoms with van der Waals surface area (Å²) in [4.78, 5) is 44.4. The molecule has 0 aliphatic rings. The molecule has 138 valence electrons. The van der Waals surface area contributed by atoms with E-state index in [-0.39, 0.29) is 5.75 Å². The molecule has 0 bridgehead atoms. The minimum Gasteiger partial charge on any atom is -0.455 e. The van der Waals surface area contributed by atoms with E-state index in [1.54, 1.807) is 30.3 Å². The number of carbonyl (C=O) groups is 3. The van der Waals surface area contributed by atoms with Crippen molar-refractivity contribution in [2.75, 3.05) is 12.4 Å². The maximum Gasteiger partial charge on any atom is 0.316 e. The van der Waals surface area contributed by atoms with Crippen LogP contribution in [-0.2, 0) is 14.3 Å². The fourth-order valence-corrected chi connectivity index (χ4v) is 3.60. The van der Waals surface area contributed by atoms with Crippen LogP contribution in [0.1, 0.15) is 10.4 Å². The molecule has 2 amide bonds. The van der Waals surface area contributed by atoms with Gasteiger partial charge in [0.05, 0.1) is 5.75 Å². The normalized spacial score (nSPS) is 10.4. The standard InChI is InChI=1S/C17H14N4O4S2/c22-13(20-21-15(24)11-4-2-1-3-5-11)8-25-14(23)9-27-17-12-6-7-26-16(12)18-10-19-17/h1-7,10H,8-9H2,(H,20,22)(H,21,24). The molecule has 0 saturated heterocycles. The second-order valence-corrected chi connectivity index (χ2v) is 6.99. The molecule has 0 aliphatic heterocycles. The van der Waals surface area contributed by atoms with Gasteiger partial charge in [0.25, 0.3) is 11.8 Å². The average molecular weight is 402 g/mol. The van der Waals surface area contributed by atoms with E-state index in [0.717, 1.165) is 10.2 Å². The number of hydrogen-bond donors (Lipinski definition) is 2. The fourth-order valence-electron chi connectivity index (χ4n) is 2.02. The summed E-state index contributed by atoms with van der Waals surface area (Å²) < 4.78 is 4.89. The van der Waals surface area contributed by atoms with E-state index in [1.807, 2.05) is 11.4 Å². The quantitative estimate of drug-likeness (QED) is 0.280. The molecule has 1 aromatic carbocycles. The molecule has 2 N–H and O–H groups in total. The molecule has 2 heterocycles. The van der Waals surface area contributed by atoms with Crippen LogP contribution in [0.3, 0.4) is 0 Å². The first kappa shape index (κ1) is 18.8. The topological polar surface area (TPSA) is 110 Å². The number of carbonyl (C=O) groups excluding carboxylic acids is 3. The molecule has 0 aliphatic carbocycles. The van der Waals surface area contributed by atoms with E-state index in [4.69, 9.17) is 4.74 Å². The molecular weight excluding hydrogens is 388 g/mol. The van der Waals surface area contributed by atoms with Crippen molar-refractivity contribution in [3.05, 3.63) is 53.7 Å². The first-order valence-corrected chi connectivity index (χ1v) is 9.61. The molecular formula is C17H14N4O4S2. The number of nitrogens with one attached hydrogen (secondary N) is 2. The molecule has 0 saturated carbocycles. The number of esters is 1. The lowest BCUT2D eigenvalue weighted by molar-refractivity contribution is -0.146. The minimum atomic E-state index is -0.639. The van der Waals surface area contributed by atoms with Gasteiger partial charge >= 0.3 is 5.97 Å². The van der Waals surface area contributed by atoms with Gasteiger partial charge in [0, 0.05) is 10.9 Å². The summed E-state index contributed by atoms with van der Waals surface area (Å²) in [6.07, 6.45) is 1.44. The monoisotopic (exact) mass is 402 g/mol. The predicted molar refractivity (Wildman–Crippen MR) is 101 cm³/mol. The summed E-state index contributed by atoms with van der Waals surface area (Å²) in [5.41, 5.74) is 4.83. The van der Waals surface area contributed by atoms with E-state index in [9.17, 15) is 14.4 Å².